The molecule has 1 heterocycles. The number of carbonyl (C=O) groups excluding carboxylic acids is 1. The molecule has 2 aromatic carbocycles. The molecular weight excluding hydrogens is 390 g/mol. The van der Waals surface area contributed by atoms with E-state index in [-0.39, 0.29) is 11.8 Å². The van der Waals surface area contributed by atoms with Gasteiger partial charge < -0.3 is 14.4 Å². The fourth-order valence-electron chi connectivity index (χ4n) is 3.55. The van der Waals surface area contributed by atoms with E-state index in [4.69, 9.17) is 14.6 Å². The number of para-hydroxylation sites is 2. The van der Waals surface area contributed by atoms with Crippen molar-refractivity contribution in [3.8, 4) is 28.6 Å². The molecule has 0 saturated carbocycles. The Hall–Kier alpha value is -3.28. The smallest absolute Gasteiger partial charge is 0.225 e. The van der Waals surface area contributed by atoms with E-state index in [0.717, 1.165) is 23.2 Å². The Morgan fingerprint density at radius 1 is 1.06 bits per heavy atom. The van der Waals surface area contributed by atoms with Gasteiger partial charge in [-0.05, 0) is 18.6 Å². The number of amides is 1. The molecule has 0 aliphatic rings. The van der Waals surface area contributed by atoms with Gasteiger partial charge in [0.1, 0.15) is 5.69 Å². The maximum absolute atomic E-state index is 12.9. The Kier molecular flexibility index (Phi) is 7.34. The van der Waals surface area contributed by atoms with Crippen LogP contribution < -0.4 is 9.47 Å². The van der Waals surface area contributed by atoms with Crippen LogP contribution in [0.4, 0.5) is 0 Å². The molecule has 0 radical (unpaired) electrons. The Morgan fingerprint density at radius 3 is 2.32 bits per heavy atom. The van der Waals surface area contributed by atoms with Gasteiger partial charge in [-0.1, -0.05) is 63.2 Å². The molecule has 3 aromatic rings. The zero-order chi connectivity index (χ0) is 22.4. The van der Waals surface area contributed by atoms with Gasteiger partial charge in [-0.3, -0.25) is 4.79 Å². The number of hydrogen-bond donors (Lipinski definition) is 0. The van der Waals surface area contributed by atoms with Gasteiger partial charge in [-0.2, -0.15) is 5.10 Å². The minimum absolute atomic E-state index is 0.0815. The van der Waals surface area contributed by atoms with E-state index in [9.17, 15) is 4.79 Å². The summed E-state index contributed by atoms with van der Waals surface area (Å²) >= 11 is 0. The predicted molar refractivity (Wildman–Crippen MR) is 122 cm³/mol. The summed E-state index contributed by atoms with van der Waals surface area (Å²) < 4.78 is 13.5. The van der Waals surface area contributed by atoms with Gasteiger partial charge in [0.25, 0.3) is 0 Å². The highest BCUT2D eigenvalue weighted by Crippen LogP contribution is 2.37. The maximum Gasteiger partial charge on any atom is 0.225 e. The summed E-state index contributed by atoms with van der Waals surface area (Å²) in [5, 5.41) is 4.76. The van der Waals surface area contributed by atoms with Crippen molar-refractivity contribution in [2.24, 2.45) is 13.0 Å². The van der Waals surface area contributed by atoms with Crippen LogP contribution in [0, 0.1) is 5.92 Å². The summed E-state index contributed by atoms with van der Waals surface area (Å²) in [6, 6.07) is 17.5. The van der Waals surface area contributed by atoms with Crippen LogP contribution in [0.5, 0.6) is 17.4 Å². The third-order valence-electron chi connectivity index (χ3n) is 5.06. The standard InChI is InChI=1S/C25H31N3O3/c1-6-16-28(24(29)18(2)3)17-20-23(19-12-8-7-9-13-19)26-27(4)25(20)31-22-15-11-10-14-21(22)30-5/h7-15,18H,6,16-17H2,1-5H3. The predicted octanol–water partition coefficient (Wildman–Crippen LogP) is 5.28. The lowest BCUT2D eigenvalue weighted by atomic mass is 10.1. The molecule has 31 heavy (non-hydrogen) atoms. The third kappa shape index (κ3) is 5.08. The van der Waals surface area contributed by atoms with Gasteiger partial charge in [-0.25, -0.2) is 4.68 Å². The van der Waals surface area contributed by atoms with E-state index < -0.39 is 0 Å². The summed E-state index contributed by atoms with van der Waals surface area (Å²) in [7, 11) is 3.47. The molecular formula is C25H31N3O3. The van der Waals surface area contributed by atoms with E-state index in [2.05, 4.69) is 6.92 Å². The van der Waals surface area contributed by atoms with Crippen molar-refractivity contribution in [2.45, 2.75) is 33.7 Å². The van der Waals surface area contributed by atoms with Crippen LogP contribution in [0.3, 0.4) is 0 Å². The molecule has 0 atom stereocenters. The third-order valence-corrected chi connectivity index (χ3v) is 5.06. The molecule has 0 unspecified atom stereocenters. The maximum atomic E-state index is 12.9. The topological polar surface area (TPSA) is 56.6 Å². The number of methoxy groups -OCH3 is 1. The Bertz CT molecular complexity index is 1010. The van der Waals surface area contributed by atoms with Crippen molar-refractivity contribution in [1.82, 2.24) is 14.7 Å². The molecule has 164 valence electrons. The lowest BCUT2D eigenvalue weighted by molar-refractivity contribution is -0.135. The summed E-state index contributed by atoms with van der Waals surface area (Å²) in [6.07, 6.45) is 0.877. The van der Waals surface area contributed by atoms with Crippen LogP contribution >= 0.6 is 0 Å². The van der Waals surface area contributed by atoms with Crippen LogP contribution in [0.2, 0.25) is 0 Å². The van der Waals surface area contributed by atoms with Gasteiger partial charge >= 0.3 is 0 Å². The van der Waals surface area contributed by atoms with E-state index in [0.29, 0.717) is 30.5 Å². The van der Waals surface area contributed by atoms with E-state index in [1.807, 2.05) is 80.4 Å². The highest BCUT2D eigenvalue weighted by molar-refractivity contribution is 5.78. The van der Waals surface area contributed by atoms with Crippen molar-refractivity contribution >= 4 is 5.91 Å². The van der Waals surface area contributed by atoms with Crippen LogP contribution in [-0.4, -0.2) is 34.2 Å². The SMILES string of the molecule is CCCN(Cc1c(-c2ccccc2)nn(C)c1Oc1ccccc1OC)C(=O)C(C)C. The lowest BCUT2D eigenvalue weighted by Gasteiger charge is -2.24. The number of benzene rings is 2. The number of hydrogen-bond acceptors (Lipinski definition) is 4. The molecule has 1 aromatic heterocycles. The van der Waals surface area contributed by atoms with Crippen molar-refractivity contribution in [3.63, 3.8) is 0 Å². The minimum Gasteiger partial charge on any atom is -0.493 e. The largest absolute Gasteiger partial charge is 0.493 e. The van der Waals surface area contributed by atoms with Gasteiger partial charge in [0.05, 0.1) is 19.2 Å². The Balaban J connectivity index is 2.10. The van der Waals surface area contributed by atoms with Crippen molar-refractivity contribution in [1.29, 1.82) is 0 Å². The van der Waals surface area contributed by atoms with Gasteiger partial charge in [0.15, 0.2) is 11.5 Å². The molecule has 6 heteroatoms. The van der Waals surface area contributed by atoms with Crippen molar-refractivity contribution in [3.05, 3.63) is 60.2 Å². The normalized spacial score (nSPS) is 10.9. The zero-order valence-electron chi connectivity index (χ0n) is 19.0. The molecule has 0 aliphatic heterocycles. The van der Waals surface area contributed by atoms with Crippen LogP contribution in [0.25, 0.3) is 11.3 Å². The summed E-state index contributed by atoms with van der Waals surface area (Å²) in [6.45, 7) is 7.03. The highest BCUT2D eigenvalue weighted by Gasteiger charge is 2.25. The average Bonchev–Trinajstić information content (AvgIpc) is 3.09. The van der Waals surface area contributed by atoms with Crippen LogP contribution in [-0.2, 0) is 18.4 Å². The van der Waals surface area contributed by atoms with E-state index in [1.54, 1.807) is 11.8 Å². The fourth-order valence-corrected chi connectivity index (χ4v) is 3.55. The summed E-state index contributed by atoms with van der Waals surface area (Å²) in [5.41, 5.74) is 2.67. The van der Waals surface area contributed by atoms with E-state index in [1.165, 1.54) is 0 Å². The zero-order valence-corrected chi connectivity index (χ0v) is 19.0. The van der Waals surface area contributed by atoms with Gasteiger partial charge in [-0.15, -0.1) is 0 Å². The monoisotopic (exact) mass is 421 g/mol. The number of rotatable bonds is 9. The number of aromatic nitrogens is 2. The molecule has 0 N–H and O–H groups in total. The molecule has 1 amide bonds. The van der Waals surface area contributed by atoms with Crippen LogP contribution in [0.1, 0.15) is 32.8 Å². The van der Waals surface area contributed by atoms with Gasteiger partial charge in [0.2, 0.25) is 11.8 Å². The van der Waals surface area contributed by atoms with E-state index >= 15 is 0 Å². The van der Waals surface area contributed by atoms with Crippen molar-refractivity contribution in [2.75, 3.05) is 13.7 Å². The van der Waals surface area contributed by atoms with Gasteiger partial charge in [0, 0.05) is 25.1 Å². The number of carbonyl (C=O) groups is 1. The molecule has 0 spiro atoms. The first-order chi connectivity index (χ1) is 15.0. The molecule has 0 aliphatic carbocycles. The fraction of sp³-hybridized carbons (Fsp3) is 0.360. The Labute approximate surface area is 184 Å². The quantitative estimate of drug-likeness (QED) is 0.471. The Morgan fingerprint density at radius 2 is 1.71 bits per heavy atom. The molecule has 3 rings (SSSR count). The second-order valence-electron chi connectivity index (χ2n) is 7.79. The minimum atomic E-state index is -0.0815. The number of nitrogens with zero attached hydrogens (tertiary/aromatic N) is 3. The van der Waals surface area contributed by atoms with Crippen LogP contribution in [0.15, 0.2) is 54.6 Å². The second-order valence-corrected chi connectivity index (χ2v) is 7.79. The summed E-state index contributed by atoms with van der Waals surface area (Å²) in [5.74, 6) is 1.88. The first kappa shape index (κ1) is 22.4. The first-order valence-corrected chi connectivity index (χ1v) is 10.7. The molecule has 6 nitrogen and oxygen atoms in total. The first-order valence-electron chi connectivity index (χ1n) is 10.7. The summed E-state index contributed by atoms with van der Waals surface area (Å²) in [4.78, 5) is 14.8. The molecule has 0 bridgehead atoms. The van der Waals surface area contributed by atoms with Crippen molar-refractivity contribution < 1.29 is 14.3 Å². The number of aryl methyl sites for hydroxylation is 1. The second kappa shape index (κ2) is 10.2. The highest BCUT2D eigenvalue weighted by atomic mass is 16.5. The average molecular weight is 422 g/mol. The molecule has 0 fully saturated rings. The number of ether oxygens (including phenoxy) is 2. The lowest BCUT2D eigenvalue weighted by Crippen LogP contribution is -2.34. The molecule has 0 saturated heterocycles.